The number of halogens is 3. The van der Waals surface area contributed by atoms with Gasteiger partial charge in [-0.15, -0.1) is 0 Å². The molecule has 0 amide bonds. The first-order valence-corrected chi connectivity index (χ1v) is 8.73. The maximum absolute atomic E-state index is 12.6. The van der Waals surface area contributed by atoms with Gasteiger partial charge in [0.05, 0.1) is 11.3 Å². The smallest absolute Gasteiger partial charge is 0.324 e. The lowest BCUT2D eigenvalue weighted by Gasteiger charge is -2.30. The number of hydrogen-bond acceptors (Lipinski definition) is 5. The molecule has 138 valence electrons. The highest BCUT2D eigenvalue weighted by Gasteiger charge is 2.30. The predicted molar refractivity (Wildman–Crippen MR) is 91.9 cm³/mol. The Kier molecular flexibility index (Phi) is 4.54. The Bertz CT molecular complexity index is 769. The third-order valence-corrected chi connectivity index (χ3v) is 4.97. The van der Waals surface area contributed by atoms with Crippen molar-refractivity contribution in [2.45, 2.75) is 38.1 Å². The summed E-state index contributed by atoms with van der Waals surface area (Å²) in [6, 6.07) is 5.45. The predicted octanol–water partition coefficient (Wildman–Crippen LogP) is 3.31. The van der Waals surface area contributed by atoms with Crippen molar-refractivity contribution >= 4 is 11.6 Å². The Morgan fingerprint density at radius 1 is 1.08 bits per heavy atom. The Balaban J connectivity index is 1.44. The molecule has 2 aliphatic heterocycles. The first-order chi connectivity index (χ1) is 12.5. The molecule has 0 radical (unpaired) electrons. The Morgan fingerprint density at radius 3 is 2.50 bits per heavy atom. The fourth-order valence-corrected chi connectivity index (χ4v) is 3.54. The summed E-state index contributed by atoms with van der Waals surface area (Å²) < 4.78 is 37.9. The second kappa shape index (κ2) is 6.85. The SMILES string of the molecule is FC(F)(F)c1ccc(Nc2ncc3c(n2)CN(C2CCNCC2)C3)cc1. The third-order valence-electron chi connectivity index (χ3n) is 4.97. The minimum atomic E-state index is -4.33. The molecular formula is C18H20F3N5. The molecule has 0 unspecified atom stereocenters. The summed E-state index contributed by atoms with van der Waals surface area (Å²) in [6.45, 7) is 3.75. The van der Waals surface area contributed by atoms with Crippen LogP contribution in [0.15, 0.2) is 30.5 Å². The van der Waals surface area contributed by atoms with E-state index in [1.165, 1.54) is 12.1 Å². The molecule has 5 nitrogen and oxygen atoms in total. The summed E-state index contributed by atoms with van der Waals surface area (Å²) in [4.78, 5) is 11.3. The second-order valence-electron chi connectivity index (χ2n) is 6.75. The van der Waals surface area contributed by atoms with Crippen LogP contribution in [0.5, 0.6) is 0 Å². The van der Waals surface area contributed by atoms with Gasteiger partial charge >= 0.3 is 6.18 Å². The number of piperidine rings is 1. The minimum Gasteiger partial charge on any atom is -0.324 e. The van der Waals surface area contributed by atoms with Crippen LogP contribution < -0.4 is 10.6 Å². The highest BCUT2D eigenvalue weighted by atomic mass is 19.4. The van der Waals surface area contributed by atoms with Gasteiger partial charge < -0.3 is 10.6 Å². The molecule has 2 N–H and O–H groups in total. The van der Waals surface area contributed by atoms with Gasteiger partial charge in [-0.1, -0.05) is 0 Å². The van der Waals surface area contributed by atoms with Gasteiger partial charge in [0.1, 0.15) is 0 Å². The monoisotopic (exact) mass is 363 g/mol. The average molecular weight is 363 g/mol. The first kappa shape index (κ1) is 17.2. The van der Waals surface area contributed by atoms with Crippen molar-refractivity contribution in [3.8, 4) is 0 Å². The van der Waals surface area contributed by atoms with Crippen molar-refractivity contribution in [1.29, 1.82) is 0 Å². The van der Waals surface area contributed by atoms with Crippen molar-refractivity contribution in [1.82, 2.24) is 20.2 Å². The van der Waals surface area contributed by atoms with Crippen molar-refractivity contribution in [3.63, 3.8) is 0 Å². The summed E-state index contributed by atoms with van der Waals surface area (Å²) in [5, 5.41) is 6.36. The van der Waals surface area contributed by atoms with E-state index in [1.807, 2.05) is 6.20 Å². The maximum Gasteiger partial charge on any atom is 0.416 e. The highest BCUT2D eigenvalue weighted by Crippen LogP contribution is 2.30. The zero-order valence-corrected chi connectivity index (χ0v) is 14.2. The molecule has 0 spiro atoms. The number of fused-ring (bicyclic) bond motifs is 1. The Hall–Kier alpha value is -2.19. The van der Waals surface area contributed by atoms with Gasteiger partial charge in [0.2, 0.25) is 5.95 Å². The van der Waals surface area contributed by atoms with Gasteiger partial charge in [0.25, 0.3) is 0 Å². The number of anilines is 2. The molecule has 26 heavy (non-hydrogen) atoms. The summed E-state index contributed by atoms with van der Waals surface area (Å²) in [5.41, 5.74) is 1.98. The van der Waals surface area contributed by atoms with Gasteiger partial charge in [-0.05, 0) is 50.2 Å². The molecule has 1 saturated heterocycles. The molecule has 1 fully saturated rings. The van der Waals surface area contributed by atoms with Gasteiger partial charge in [-0.3, -0.25) is 4.90 Å². The molecule has 1 aromatic heterocycles. The number of aromatic nitrogens is 2. The summed E-state index contributed by atoms with van der Waals surface area (Å²) in [7, 11) is 0. The van der Waals surface area contributed by atoms with Crippen molar-refractivity contribution < 1.29 is 13.2 Å². The molecule has 8 heteroatoms. The lowest BCUT2D eigenvalue weighted by atomic mass is 10.1. The third kappa shape index (κ3) is 3.66. The Morgan fingerprint density at radius 2 is 1.81 bits per heavy atom. The lowest BCUT2D eigenvalue weighted by molar-refractivity contribution is -0.137. The minimum absolute atomic E-state index is 0.413. The number of nitrogens with zero attached hydrogens (tertiary/aromatic N) is 3. The topological polar surface area (TPSA) is 53.1 Å². The van der Waals surface area contributed by atoms with Crippen molar-refractivity contribution in [2.24, 2.45) is 0 Å². The van der Waals surface area contributed by atoms with Crippen LogP contribution in [0.3, 0.4) is 0 Å². The highest BCUT2D eigenvalue weighted by molar-refractivity contribution is 5.54. The van der Waals surface area contributed by atoms with Crippen LogP contribution >= 0.6 is 0 Å². The van der Waals surface area contributed by atoms with Gasteiger partial charge in [0, 0.05) is 36.6 Å². The number of alkyl halides is 3. The molecule has 2 aliphatic rings. The van der Waals surface area contributed by atoms with Crippen LogP contribution in [0.2, 0.25) is 0 Å². The summed E-state index contributed by atoms with van der Waals surface area (Å²) in [6.07, 6.45) is -0.243. The van der Waals surface area contributed by atoms with Crippen LogP contribution in [0.25, 0.3) is 0 Å². The molecule has 2 aromatic rings. The van der Waals surface area contributed by atoms with Gasteiger partial charge in [-0.2, -0.15) is 13.2 Å². The number of benzene rings is 1. The molecule has 0 saturated carbocycles. The zero-order valence-electron chi connectivity index (χ0n) is 14.2. The van der Waals surface area contributed by atoms with E-state index in [9.17, 15) is 13.2 Å². The average Bonchev–Trinajstić information content (AvgIpc) is 3.05. The Labute approximate surface area is 149 Å². The quantitative estimate of drug-likeness (QED) is 0.876. The summed E-state index contributed by atoms with van der Waals surface area (Å²) >= 11 is 0. The molecule has 3 heterocycles. The first-order valence-electron chi connectivity index (χ1n) is 8.73. The molecule has 4 rings (SSSR count). The van der Waals surface area contributed by atoms with Crippen molar-refractivity contribution in [3.05, 3.63) is 47.3 Å². The number of rotatable bonds is 3. The van der Waals surface area contributed by atoms with E-state index in [-0.39, 0.29) is 0 Å². The standard InChI is InChI=1S/C18H20F3N5/c19-18(20,21)13-1-3-14(4-2-13)24-17-23-9-12-10-26(11-16(12)25-17)15-5-7-22-8-6-15/h1-4,9,15,22H,5-8,10-11H2,(H,23,24,25). The van der Waals surface area contributed by atoms with Crippen LogP contribution in [0, 0.1) is 0 Å². The fraction of sp³-hybridized carbons (Fsp3) is 0.444. The molecule has 1 aromatic carbocycles. The van der Waals surface area contributed by atoms with Crippen LogP contribution in [-0.2, 0) is 19.3 Å². The van der Waals surface area contributed by atoms with E-state index in [0.29, 0.717) is 17.7 Å². The largest absolute Gasteiger partial charge is 0.416 e. The van der Waals surface area contributed by atoms with Gasteiger partial charge in [0.15, 0.2) is 0 Å². The van der Waals surface area contributed by atoms with E-state index >= 15 is 0 Å². The van der Waals surface area contributed by atoms with Crippen LogP contribution in [-0.4, -0.2) is 34.0 Å². The second-order valence-corrected chi connectivity index (χ2v) is 6.75. The van der Waals surface area contributed by atoms with E-state index in [4.69, 9.17) is 0 Å². The fourth-order valence-electron chi connectivity index (χ4n) is 3.54. The number of hydrogen-bond donors (Lipinski definition) is 2. The lowest BCUT2D eigenvalue weighted by Crippen LogP contribution is -2.40. The van der Waals surface area contributed by atoms with E-state index in [0.717, 1.165) is 62.4 Å². The molecule has 0 atom stereocenters. The molecule has 0 bridgehead atoms. The van der Waals surface area contributed by atoms with Gasteiger partial charge in [-0.25, -0.2) is 9.97 Å². The summed E-state index contributed by atoms with van der Waals surface area (Å²) in [5.74, 6) is 0.413. The number of nitrogens with one attached hydrogen (secondary N) is 2. The van der Waals surface area contributed by atoms with Crippen LogP contribution in [0.1, 0.15) is 29.7 Å². The molecule has 0 aliphatic carbocycles. The molecular weight excluding hydrogens is 343 g/mol. The van der Waals surface area contributed by atoms with E-state index < -0.39 is 11.7 Å². The zero-order chi connectivity index (χ0) is 18.1. The van der Waals surface area contributed by atoms with Crippen molar-refractivity contribution in [2.75, 3.05) is 18.4 Å². The maximum atomic E-state index is 12.6. The van der Waals surface area contributed by atoms with Crippen LogP contribution in [0.4, 0.5) is 24.8 Å². The normalized spacial score (nSPS) is 18.7. The van der Waals surface area contributed by atoms with E-state index in [1.54, 1.807) is 0 Å². The van der Waals surface area contributed by atoms with E-state index in [2.05, 4.69) is 25.5 Å².